The van der Waals surface area contributed by atoms with E-state index in [-0.39, 0.29) is 29.8 Å². The summed E-state index contributed by atoms with van der Waals surface area (Å²) in [6, 6.07) is 5.06. The zero-order chi connectivity index (χ0) is 16.6. The fourth-order valence-corrected chi connectivity index (χ4v) is 3.06. The molecule has 2 aromatic rings. The van der Waals surface area contributed by atoms with Crippen LogP contribution in [0.3, 0.4) is 0 Å². The van der Waals surface area contributed by atoms with Gasteiger partial charge in [-0.15, -0.1) is 0 Å². The Hall–Kier alpha value is -2.12. The van der Waals surface area contributed by atoms with Gasteiger partial charge in [0.15, 0.2) is 0 Å². The monoisotopic (exact) mass is 318 g/mol. The number of fused-ring (bicyclic) bond motifs is 1. The van der Waals surface area contributed by atoms with Crippen molar-refractivity contribution in [2.75, 3.05) is 18.4 Å². The second-order valence-electron chi connectivity index (χ2n) is 6.22. The minimum absolute atomic E-state index is 0.0662. The molecule has 1 aliphatic rings. The topological polar surface area (TPSA) is 90.2 Å². The highest BCUT2D eigenvalue weighted by Gasteiger charge is 2.29. The molecule has 124 valence electrons. The molecule has 7 heteroatoms. The summed E-state index contributed by atoms with van der Waals surface area (Å²) in [5.41, 5.74) is 1.80. The number of nitrogens with one attached hydrogen (secondary N) is 3. The summed E-state index contributed by atoms with van der Waals surface area (Å²) in [6.45, 7) is 7.41. The average Bonchev–Trinajstić information content (AvgIpc) is 2.84. The number of ether oxygens (including phenoxy) is 1. The van der Waals surface area contributed by atoms with Gasteiger partial charge in [0.05, 0.1) is 29.3 Å². The lowest BCUT2D eigenvalue weighted by Crippen LogP contribution is -2.52. The number of carbonyl (C=O) groups excluding carboxylic acids is 1. The van der Waals surface area contributed by atoms with Gasteiger partial charge >= 0.3 is 5.69 Å². The van der Waals surface area contributed by atoms with E-state index in [4.69, 9.17) is 4.74 Å². The van der Waals surface area contributed by atoms with E-state index in [1.807, 2.05) is 20.8 Å². The molecule has 23 heavy (non-hydrogen) atoms. The van der Waals surface area contributed by atoms with Crippen LogP contribution in [0.15, 0.2) is 23.0 Å². The van der Waals surface area contributed by atoms with E-state index in [9.17, 15) is 9.59 Å². The van der Waals surface area contributed by atoms with E-state index in [1.54, 1.807) is 18.2 Å². The van der Waals surface area contributed by atoms with Crippen LogP contribution in [0, 0.1) is 0 Å². The van der Waals surface area contributed by atoms with Crippen LogP contribution in [0.4, 0.5) is 5.69 Å². The molecule has 0 radical (unpaired) electrons. The molecule has 3 atom stereocenters. The summed E-state index contributed by atoms with van der Waals surface area (Å²) in [5.74, 6) is -0.0662. The van der Waals surface area contributed by atoms with E-state index < -0.39 is 0 Å². The molecule has 1 aromatic heterocycles. The number of carbonyl (C=O) groups is 1. The number of anilines is 1. The van der Waals surface area contributed by atoms with Crippen LogP contribution < -0.4 is 11.0 Å². The first-order valence-corrected chi connectivity index (χ1v) is 7.85. The molecular weight excluding hydrogens is 296 g/mol. The highest BCUT2D eigenvalue weighted by Crippen LogP contribution is 2.17. The van der Waals surface area contributed by atoms with Crippen LogP contribution in [-0.2, 0) is 9.53 Å². The molecular formula is C16H22N4O3. The predicted molar refractivity (Wildman–Crippen MR) is 88.6 cm³/mol. The van der Waals surface area contributed by atoms with Gasteiger partial charge in [-0.2, -0.15) is 0 Å². The fraction of sp³-hybridized carbons (Fsp3) is 0.500. The summed E-state index contributed by atoms with van der Waals surface area (Å²) in [4.78, 5) is 31.3. The van der Waals surface area contributed by atoms with Crippen LogP contribution in [0.2, 0.25) is 0 Å². The number of amides is 1. The van der Waals surface area contributed by atoms with Gasteiger partial charge in [-0.1, -0.05) is 0 Å². The molecule has 1 aromatic carbocycles. The Labute approximate surface area is 134 Å². The van der Waals surface area contributed by atoms with Crippen LogP contribution in [0.1, 0.15) is 20.8 Å². The van der Waals surface area contributed by atoms with Gasteiger partial charge in [0.2, 0.25) is 5.91 Å². The van der Waals surface area contributed by atoms with Crippen LogP contribution in [0.5, 0.6) is 0 Å². The number of benzene rings is 1. The fourth-order valence-electron chi connectivity index (χ4n) is 3.06. The Bertz CT molecular complexity index is 756. The largest absolute Gasteiger partial charge is 0.373 e. The van der Waals surface area contributed by atoms with Crippen molar-refractivity contribution in [1.29, 1.82) is 0 Å². The first-order valence-electron chi connectivity index (χ1n) is 7.85. The van der Waals surface area contributed by atoms with E-state index in [0.29, 0.717) is 11.2 Å². The molecule has 2 heterocycles. The summed E-state index contributed by atoms with van der Waals surface area (Å²) in [6.07, 6.45) is 0.241. The van der Waals surface area contributed by atoms with E-state index in [0.717, 1.165) is 18.6 Å². The smallest absolute Gasteiger partial charge is 0.323 e. The zero-order valence-electron chi connectivity index (χ0n) is 13.6. The molecule has 1 fully saturated rings. The van der Waals surface area contributed by atoms with Crippen molar-refractivity contribution < 1.29 is 9.53 Å². The number of H-pyrrole nitrogens is 2. The number of aromatic nitrogens is 2. The van der Waals surface area contributed by atoms with Gasteiger partial charge in [0.25, 0.3) is 0 Å². The number of imidazole rings is 1. The third kappa shape index (κ3) is 3.46. The van der Waals surface area contributed by atoms with Crippen molar-refractivity contribution >= 4 is 22.6 Å². The molecule has 1 aliphatic heterocycles. The van der Waals surface area contributed by atoms with E-state index in [2.05, 4.69) is 20.2 Å². The maximum absolute atomic E-state index is 12.5. The number of morpholine rings is 1. The minimum atomic E-state index is -0.256. The van der Waals surface area contributed by atoms with Gasteiger partial charge in [0.1, 0.15) is 0 Å². The molecule has 0 unspecified atom stereocenters. The number of hydrogen-bond acceptors (Lipinski definition) is 4. The second-order valence-corrected chi connectivity index (χ2v) is 6.22. The SMILES string of the molecule is C[C@@H]1CN([C@@H](C)C(=O)Nc2ccc3[nH]c(=O)[nH]c3c2)C[C@@H](C)O1. The predicted octanol–water partition coefficient (Wildman–Crippen LogP) is 1.29. The Morgan fingerprint density at radius 3 is 2.61 bits per heavy atom. The van der Waals surface area contributed by atoms with Crippen LogP contribution in [-0.4, -0.2) is 52.1 Å². The molecule has 1 amide bonds. The summed E-state index contributed by atoms with van der Waals surface area (Å²) in [7, 11) is 0. The number of nitrogens with zero attached hydrogens (tertiary/aromatic N) is 1. The lowest BCUT2D eigenvalue weighted by molar-refractivity contribution is -0.126. The Morgan fingerprint density at radius 2 is 1.91 bits per heavy atom. The maximum Gasteiger partial charge on any atom is 0.323 e. The Morgan fingerprint density at radius 1 is 1.26 bits per heavy atom. The molecule has 0 bridgehead atoms. The Kier molecular flexibility index (Phi) is 4.23. The van der Waals surface area contributed by atoms with E-state index in [1.165, 1.54) is 0 Å². The second kappa shape index (κ2) is 6.17. The maximum atomic E-state index is 12.5. The summed E-state index contributed by atoms with van der Waals surface area (Å²) in [5, 5.41) is 2.91. The molecule has 1 saturated heterocycles. The van der Waals surface area contributed by atoms with Gasteiger partial charge < -0.3 is 20.0 Å². The lowest BCUT2D eigenvalue weighted by atomic mass is 10.1. The average molecular weight is 318 g/mol. The van der Waals surface area contributed by atoms with Gasteiger partial charge in [-0.05, 0) is 39.0 Å². The van der Waals surface area contributed by atoms with Gasteiger partial charge in [-0.3, -0.25) is 9.69 Å². The van der Waals surface area contributed by atoms with Gasteiger partial charge in [0, 0.05) is 18.8 Å². The first-order chi connectivity index (χ1) is 10.9. The van der Waals surface area contributed by atoms with Crippen molar-refractivity contribution in [3.63, 3.8) is 0 Å². The van der Waals surface area contributed by atoms with Crippen molar-refractivity contribution in [2.24, 2.45) is 0 Å². The lowest BCUT2D eigenvalue weighted by Gasteiger charge is -2.38. The number of rotatable bonds is 3. The Balaban J connectivity index is 1.70. The van der Waals surface area contributed by atoms with Gasteiger partial charge in [-0.25, -0.2) is 4.79 Å². The molecule has 7 nitrogen and oxygen atoms in total. The molecule has 3 N–H and O–H groups in total. The molecule has 0 spiro atoms. The van der Waals surface area contributed by atoms with Crippen LogP contribution >= 0.6 is 0 Å². The van der Waals surface area contributed by atoms with Crippen molar-refractivity contribution in [3.05, 3.63) is 28.7 Å². The van der Waals surface area contributed by atoms with Crippen molar-refractivity contribution in [3.8, 4) is 0 Å². The zero-order valence-corrected chi connectivity index (χ0v) is 13.6. The summed E-state index contributed by atoms with van der Waals surface area (Å²) < 4.78 is 5.70. The van der Waals surface area contributed by atoms with Crippen LogP contribution in [0.25, 0.3) is 11.0 Å². The highest BCUT2D eigenvalue weighted by atomic mass is 16.5. The van der Waals surface area contributed by atoms with Crippen molar-refractivity contribution in [2.45, 2.75) is 39.0 Å². The highest BCUT2D eigenvalue weighted by molar-refractivity contribution is 5.96. The quantitative estimate of drug-likeness (QED) is 0.795. The minimum Gasteiger partial charge on any atom is -0.373 e. The molecule has 3 rings (SSSR count). The molecule has 0 saturated carbocycles. The standard InChI is InChI=1S/C16H22N4O3/c1-9-7-20(8-10(2)23-9)11(3)15(21)17-12-4-5-13-14(6-12)19-16(22)18-13/h4-6,9-11H,7-8H2,1-3H3,(H,17,21)(H2,18,19,22)/t9-,10-,11+/m1/s1. The normalized spacial score (nSPS) is 23.8. The third-order valence-electron chi connectivity index (χ3n) is 4.16. The first kappa shape index (κ1) is 15.8. The van der Waals surface area contributed by atoms with E-state index >= 15 is 0 Å². The molecule has 0 aliphatic carbocycles. The summed E-state index contributed by atoms with van der Waals surface area (Å²) >= 11 is 0. The van der Waals surface area contributed by atoms with Crippen molar-refractivity contribution in [1.82, 2.24) is 14.9 Å². The third-order valence-corrected chi connectivity index (χ3v) is 4.16. The number of hydrogen-bond donors (Lipinski definition) is 3. The number of aromatic amines is 2.